The number of nitrogens with one attached hydrogen (secondary N) is 1. The third kappa shape index (κ3) is 2.15. The fraction of sp³-hybridized carbons (Fsp3) is 0.214. The number of thioether (sulfide) groups is 1. The molecule has 2 aromatic rings. The van der Waals surface area contributed by atoms with Gasteiger partial charge in [0.2, 0.25) is 0 Å². The summed E-state index contributed by atoms with van der Waals surface area (Å²) < 4.78 is 0. The van der Waals surface area contributed by atoms with Crippen LogP contribution in [0.25, 0.3) is 10.8 Å². The molecule has 17 heavy (non-hydrogen) atoms. The fourth-order valence-corrected chi connectivity index (χ4v) is 2.90. The molecule has 1 atom stereocenters. The molecule has 1 N–H and O–H groups in total. The Morgan fingerprint density at radius 2 is 2.00 bits per heavy atom. The van der Waals surface area contributed by atoms with Gasteiger partial charge in [-0.1, -0.05) is 48.2 Å². The lowest BCUT2D eigenvalue weighted by Gasteiger charge is -2.08. The third-order valence-corrected chi connectivity index (χ3v) is 3.96. The predicted molar refractivity (Wildman–Crippen MR) is 76.9 cm³/mol. The number of rotatable bonds is 1. The molecule has 0 saturated carbocycles. The van der Waals surface area contributed by atoms with E-state index in [0.29, 0.717) is 6.04 Å². The van der Waals surface area contributed by atoms with Gasteiger partial charge in [0, 0.05) is 16.8 Å². The summed E-state index contributed by atoms with van der Waals surface area (Å²) in [6.45, 7) is 2.14. The van der Waals surface area contributed by atoms with E-state index in [4.69, 9.17) is 0 Å². The van der Waals surface area contributed by atoms with E-state index in [1.165, 1.54) is 10.8 Å². The van der Waals surface area contributed by atoms with Gasteiger partial charge < -0.3 is 5.32 Å². The van der Waals surface area contributed by atoms with Gasteiger partial charge >= 0.3 is 0 Å². The Bertz CT molecular complexity index is 572. The molecule has 1 aliphatic rings. The summed E-state index contributed by atoms with van der Waals surface area (Å²) in [6, 6.07) is 15.1. The maximum atomic E-state index is 4.56. The van der Waals surface area contributed by atoms with Crippen LogP contribution >= 0.6 is 11.8 Å². The van der Waals surface area contributed by atoms with Crippen LogP contribution in [0, 0.1) is 0 Å². The van der Waals surface area contributed by atoms with Crippen LogP contribution in [0.4, 0.5) is 5.69 Å². The molecule has 0 saturated heterocycles. The summed E-state index contributed by atoms with van der Waals surface area (Å²) in [5.74, 6) is 1.08. The van der Waals surface area contributed by atoms with E-state index in [1.807, 2.05) is 0 Å². The minimum atomic E-state index is 0.428. The molecule has 0 aromatic heterocycles. The molecule has 0 radical (unpaired) electrons. The average molecular weight is 242 g/mol. The molecule has 3 heteroatoms. The van der Waals surface area contributed by atoms with Crippen LogP contribution in [0.1, 0.15) is 6.92 Å². The van der Waals surface area contributed by atoms with Crippen molar-refractivity contribution in [2.45, 2.75) is 13.0 Å². The molecule has 2 aromatic carbocycles. The molecule has 0 fully saturated rings. The van der Waals surface area contributed by atoms with Gasteiger partial charge in [-0.05, 0) is 18.4 Å². The van der Waals surface area contributed by atoms with Crippen LogP contribution in [-0.4, -0.2) is 17.0 Å². The van der Waals surface area contributed by atoms with E-state index in [0.717, 1.165) is 16.6 Å². The molecule has 0 bridgehead atoms. The Morgan fingerprint density at radius 1 is 1.18 bits per heavy atom. The van der Waals surface area contributed by atoms with Crippen molar-refractivity contribution < 1.29 is 0 Å². The van der Waals surface area contributed by atoms with Crippen molar-refractivity contribution in [2.24, 2.45) is 4.99 Å². The molecule has 0 aliphatic carbocycles. The molecule has 2 nitrogen and oxygen atoms in total. The first-order chi connectivity index (χ1) is 8.33. The Labute approximate surface area is 105 Å². The van der Waals surface area contributed by atoms with Gasteiger partial charge in [-0.2, -0.15) is 0 Å². The zero-order chi connectivity index (χ0) is 11.7. The smallest absolute Gasteiger partial charge is 0.161 e. The topological polar surface area (TPSA) is 24.4 Å². The monoisotopic (exact) mass is 242 g/mol. The summed E-state index contributed by atoms with van der Waals surface area (Å²) in [7, 11) is 0. The van der Waals surface area contributed by atoms with E-state index in [2.05, 4.69) is 59.7 Å². The van der Waals surface area contributed by atoms with Crippen molar-refractivity contribution in [2.75, 3.05) is 11.1 Å². The van der Waals surface area contributed by atoms with Crippen molar-refractivity contribution in [3.8, 4) is 0 Å². The lowest BCUT2D eigenvalue weighted by Crippen LogP contribution is -2.05. The van der Waals surface area contributed by atoms with Crippen LogP contribution in [-0.2, 0) is 0 Å². The molecule has 1 heterocycles. The minimum Gasteiger partial charge on any atom is -0.334 e. The Morgan fingerprint density at radius 3 is 2.82 bits per heavy atom. The predicted octanol–water partition coefficient (Wildman–Crippen LogP) is 3.74. The average Bonchev–Trinajstić information content (AvgIpc) is 2.75. The van der Waals surface area contributed by atoms with Gasteiger partial charge in [-0.15, -0.1) is 0 Å². The van der Waals surface area contributed by atoms with E-state index in [9.17, 15) is 0 Å². The third-order valence-electron chi connectivity index (χ3n) is 2.83. The minimum absolute atomic E-state index is 0.428. The van der Waals surface area contributed by atoms with Crippen molar-refractivity contribution in [3.63, 3.8) is 0 Å². The van der Waals surface area contributed by atoms with Crippen LogP contribution in [0.5, 0.6) is 0 Å². The maximum Gasteiger partial charge on any atom is 0.161 e. The SMILES string of the molecule is C[C@H]1CSC(Nc2cccc3ccccc23)=N1. The van der Waals surface area contributed by atoms with Crippen molar-refractivity contribution in [3.05, 3.63) is 42.5 Å². The highest BCUT2D eigenvalue weighted by Crippen LogP contribution is 2.26. The Balaban J connectivity index is 1.98. The summed E-state index contributed by atoms with van der Waals surface area (Å²) in [6.07, 6.45) is 0. The van der Waals surface area contributed by atoms with Crippen LogP contribution in [0.2, 0.25) is 0 Å². The normalized spacial score (nSPS) is 19.4. The number of hydrogen-bond acceptors (Lipinski definition) is 3. The number of benzene rings is 2. The number of fused-ring (bicyclic) bond motifs is 1. The molecule has 86 valence electrons. The summed E-state index contributed by atoms with van der Waals surface area (Å²) in [4.78, 5) is 4.56. The lowest BCUT2D eigenvalue weighted by molar-refractivity contribution is 0.865. The number of hydrogen-bond donors (Lipinski definition) is 1. The molecule has 0 amide bonds. The second-order valence-electron chi connectivity index (χ2n) is 4.25. The largest absolute Gasteiger partial charge is 0.334 e. The molecular formula is C14H14N2S. The Kier molecular flexibility index (Phi) is 2.77. The lowest BCUT2D eigenvalue weighted by atomic mass is 10.1. The highest BCUT2D eigenvalue weighted by Gasteiger charge is 2.14. The van der Waals surface area contributed by atoms with Crippen LogP contribution in [0.15, 0.2) is 47.5 Å². The second-order valence-corrected chi connectivity index (χ2v) is 5.25. The molecule has 0 unspecified atom stereocenters. The van der Waals surface area contributed by atoms with E-state index in [-0.39, 0.29) is 0 Å². The van der Waals surface area contributed by atoms with Crippen LogP contribution in [0.3, 0.4) is 0 Å². The first-order valence-corrected chi connectivity index (χ1v) is 6.77. The highest BCUT2D eigenvalue weighted by atomic mass is 32.2. The van der Waals surface area contributed by atoms with Gasteiger partial charge in [-0.3, -0.25) is 4.99 Å². The molecule has 0 spiro atoms. The number of amidine groups is 1. The molecule has 3 rings (SSSR count). The first-order valence-electron chi connectivity index (χ1n) is 5.78. The van der Waals surface area contributed by atoms with Crippen LogP contribution < -0.4 is 5.32 Å². The van der Waals surface area contributed by atoms with Crippen molar-refractivity contribution in [1.29, 1.82) is 0 Å². The molecule has 1 aliphatic heterocycles. The van der Waals surface area contributed by atoms with E-state index < -0.39 is 0 Å². The van der Waals surface area contributed by atoms with Gasteiger partial charge in [0.25, 0.3) is 0 Å². The quantitative estimate of drug-likeness (QED) is 0.823. The van der Waals surface area contributed by atoms with Gasteiger partial charge in [-0.25, -0.2) is 0 Å². The number of nitrogens with zero attached hydrogens (tertiary/aromatic N) is 1. The summed E-state index contributed by atoms with van der Waals surface area (Å²) in [5, 5.41) is 6.97. The maximum absolute atomic E-state index is 4.56. The summed E-state index contributed by atoms with van der Waals surface area (Å²) >= 11 is 1.79. The number of aliphatic imine (C=N–C) groups is 1. The zero-order valence-corrected chi connectivity index (χ0v) is 10.5. The van der Waals surface area contributed by atoms with Gasteiger partial charge in [0.15, 0.2) is 5.17 Å². The fourth-order valence-electron chi connectivity index (χ4n) is 1.99. The summed E-state index contributed by atoms with van der Waals surface area (Å²) in [5.41, 5.74) is 1.14. The standard InChI is InChI=1S/C14H14N2S/c1-10-9-17-14(15-10)16-13-8-4-6-11-5-2-3-7-12(11)13/h2-8,10H,9H2,1H3,(H,15,16)/t10-/m0/s1. The Hall–Kier alpha value is -1.48. The molecular weight excluding hydrogens is 228 g/mol. The van der Waals surface area contributed by atoms with Gasteiger partial charge in [0.05, 0.1) is 6.04 Å². The highest BCUT2D eigenvalue weighted by molar-refractivity contribution is 8.14. The van der Waals surface area contributed by atoms with E-state index in [1.54, 1.807) is 11.8 Å². The second kappa shape index (κ2) is 4.41. The first kappa shape index (κ1) is 10.7. The zero-order valence-electron chi connectivity index (χ0n) is 9.68. The van der Waals surface area contributed by atoms with Crippen molar-refractivity contribution >= 4 is 33.4 Å². The van der Waals surface area contributed by atoms with E-state index >= 15 is 0 Å². The number of anilines is 1. The van der Waals surface area contributed by atoms with Crippen molar-refractivity contribution in [1.82, 2.24) is 0 Å². The van der Waals surface area contributed by atoms with Gasteiger partial charge in [0.1, 0.15) is 0 Å².